The summed E-state index contributed by atoms with van der Waals surface area (Å²) < 4.78 is 6.16. The van der Waals surface area contributed by atoms with Crippen LogP contribution in [0.2, 0.25) is 0 Å². The van der Waals surface area contributed by atoms with Crippen LogP contribution in [0.1, 0.15) is 12.8 Å². The van der Waals surface area contributed by atoms with Gasteiger partial charge in [0.2, 0.25) is 0 Å². The van der Waals surface area contributed by atoms with Crippen LogP contribution in [0, 0.1) is 0 Å². The molecule has 0 radical (unpaired) electrons. The van der Waals surface area contributed by atoms with Crippen molar-refractivity contribution in [2.24, 2.45) is 10.7 Å². The van der Waals surface area contributed by atoms with Gasteiger partial charge in [0.25, 0.3) is 0 Å². The van der Waals surface area contributed by atoms with E-state index in [2.05, 4.69) is 26.2 Å². The number of hydrogen-bond donors (Lipinski definition) is 2. The molecular weight excluding hydrogens is 258 g/mol. The third kappa shape index (κ3) is 4.32. The molecule has 0 aromatic rings. The Morgan fingerprint density at radius 3 is 2.80 bits per heavy atom. The Morgan fingerprint density at radius 1 is 1.60 bits per heavy atom. The lowest BCUT2D eigenvalue weighted by atomic mass is 10.1. The second-order valence-corrected chi connectivity index (χ2v) is 4.32. The van der Waals surface area contributed by atoms with Crippen LogP contribution in [0.3, 0.4) is 0 Å². The van der Waals surface area contributed by atoms with E-state index >= 15 is 0 Å². The van der Waals surface area contributed by atoms with E-state index in [9.17, 15) is 0 Å². The summed E-state index contributed by atoms with van der Waals surface area (Å²) in [6.45, 7) is 2.35. The predicted octanol–water partition coefficient (Wildman–Crippen LogP) is 1.02. The van der Waals surface area contributed by atoms with Crippen LogP contribution in [0.25, 0.3) is 0 Å². The minimum atomic E-state index is 0.370. The Hall–Kier alpha value is -0.390. The number of nitrogens with two attached hydrogens (primary N) is 1. The highest BCUT2D eigenvalue weighted by atomic mass is 79.9. The molecule has 1 rings (SSSR count). The van der Waals surface area contributed by atoms with Gasteiger partial charge in [0, 0.05) is 26.0 Å². The van der Waals surface area contributed by atoms with Crippen molar-refractivity contribution in [2.75, 3.05) is 26.8 Å². The van der Waals surface area contributed by atoms with Gasteiger partial charge >= 0.3 is 0 Å². The predicted molar refractivity (Wildman–Crippen MR) is 66.4 cm³/mol. The van der Waals surface area contributed by atoms with Gasteiger partial charge in [0.1, 0.15) is 0 Å². The average Bonchev–Trinajstić information content (AvgIpc) is 2.29. The van der Waals surface area contributed by atoms with E-state index in [1.807, 2.05) is 7.05 Å². The van der Waals surface area contributed by atoms with Crippen LogP contribution < -0.4 is 11.1 Å². The van der Waals surface area contributed by atoms with Gasteiger partial charge in [0.15, 0.2) is 0 Å². The first kappa shape index (κ1) is 12.7. The van der Waals surface area contributed by atoms with Gasteiger partial charge in [-0.3, -0.25) is 4.99 Å². The molecule has 0 saturated carbocycles. The highest BCUT2D eigenvalue weighted by molar-refractivity contribution is 9.12. The maximum atomic E-state index is 5.47. The first-order valence-corrected chi connectivity index (χ1v) is 5.94. The highest BCUT2D eigenvalue weighted by Gasteiger charge is 2.14. The molecule has 0 aromatic heterocycles. The van der Waals surface area contributed by atoms with Crippen molar-refractivity contribution in [1.29, 1.82) is 0 Å². The zero-order chi connectivity index (χ0) is 11.1. The van der Waals surface area contributed by atoms with E-state index in [4.69, 9.17) is 10.5 Å². The number of hydrogen-bond acceptors (Lipinski definition) is 4. The molecule has 0 aliphatic carbocycles. The fourth-order valence-corrected chi connectivity index (χ4v) is 1.73. The van der Waals surface area contributed by atoms with E-state index in [0.717, 1.165) is 42.8 Å². The van der Waals surface area contributed by atoms with Crippen molar-refractivity contribution in [3.8, 4) is 0 Å². The Bertz CT molecular complexity index is 247. The highest BCUT2D eigenvalue weighted by Crippen LogP contribution is 2.14. The number of aliphatic imine (C=N–C) groups is 1. The Morgan fingerprint density at radius 2 is 2.27 bits per heavy atom. The van der Waals surface area contributed by atoms with Crippen molar-refractivity contribution in [3.05, 3.63) is 10.7 Å². The molecule has 3 N–H and O–H groups in total. The van der Waals surface area contributed by atoms with E-state index in [1.165, 1.54) is 6.20 Å². The zero-order valence-corrected chi connectivity index (χ0v) is 10.6. The smallest absolute Gasteiger partial charge is 0.0646 e. The molecule has 1 aliphatic heterocycles. The van der Waals surface area contributed by atoms with E-state index < -0.39 is 0 Å². The monoisotopic (exact) mass is 275 g/mol. The standard InChI is InChI=1S/C10H18BrN3O/c1-13-7-10(9(11)6-12)14-8-2-4-15-5-3-8/h6,8,13H,2-5,7,12H2,1H3/b9-6+,14-10?. The summed E-state index contributed by atoms with van der Waals surface area (Å²) in [6, 6.07) is 0.370. The van der Waals surface area contributed by atoms with Gasteiger partial charge < -0.3 is 15.8 Å². The summed E-state index contributed by atoms with van der Waals surface area (Å²) in [4.78, 5) is 4.68. The van der Waals surface area contributed by atoms with Crippen LogP contribution in [0.4, 0.5) is 0 Å². The maximum absolute atomic E-state index is 5.47. The molecule has 0 unspecified atom stereocenters. The van der Waals surface area contributed by atoms with Gasteiger partial charge in [-0.1, -0.05) is 0 Å². The molecular formula is C10H18BrN3O. The molecule has 4 nitrogen and oxygen atoms in total. The molecule has 0 spiro atoms. The number of nitrogens with one attached hydrogen (secondary N) is 1. The molecule has 1 heterocycles. The van der Waals surface area contributed by atoms with E-state index in [-0.39, 0.29) is 0 Å². The molecule has 0 bridgehead atoms. The van der Waals surface area contributed by atoms with Crippen LogP contribution in [-0.4, -0.2) is 38.6 Å². The van der Waals surface area contributed by atoms with Gasteiger partial charge in [-0.25, -0.2) is 0 Å². The SMILES string of the molecule is CNCC(=NC1CCOCC1)/C(Br)=C\N. The average molecular weight is 276 g/mol. The molecule has 0 amide bonds. The lowest BCUT2D eigenvalue weighted by Crippen LogP contribution is -2.25. The normalized spacial score (nSPS) is 20.7. The van der Waals surface area contributed by atoms with Crippen molar-refractivity contribution < 1.29 is 4.74 Å². The molecule has 0 aromatic carbocycles. The second-order valence-electron chi connectivity index (χ2n) is 3.46. The summed E-state index contributed by atoms with van der Waals surface area (Å²) in [5.41, 5.74) is 6.44. The molecule has 1 fully saturated rings. The third-order valence-electron chi connectivity index (χ3n) is 2.30. The van der Waals surface area contributed by atoms with E-state index in [1.54, 1.807) is 0 Å². The first-order valence-electron chi connectivity index (χ1n) is 5.14. The van der Waals surface area contributed by atoms with Crippen LogP contribution in [0.15, 0.2) is 15.7 Å². The maximum Gasteiger partial charge on any atom is 0.0646 e. The summed E-state index contributed by atoms with van der Waals surface area (Å²) >= 11 is 3.41. The van der Waals surface area contributed by atoms with E-state index in [0.29, 0.717) is 6.04 Å². The third-order valence-corrected chi connectivity index (χ3v) is 3.02. The van der Waals surface area contributed by atoms with Crippen molar-refractivity contribution in [1.82, 2.24) is 5.32 Å². The second kappa shape index (κ2) is 6.98. The molecule has 0 atom stereocenters. The quantitative estimate of drug-likeness (QED) is 0.754. The topological polar surface area (TPSA) is 59.6 Å². The van der Waals surface area contributed by atoms with Gasteiger partial charge in [-0.05, 0) is 35.8 Å². The molecule has 86 valence electrons. The number of rotatable bonds is 4. The Balaban J connectivity index is 2.63. The lowest BCUT2D eigenvalue weighted by molar-refractivity contribution is 0.0871. The zero-order valence-electron chi connectivity index (χ0n) is 9.00. The fourth-order valence-electron chi connectivity index (χ4n) is 1.49. The summed E-state index contributed by atoms with van der Waals surface area (Å²) in [5.74, 6) is 0. The van der Waals surface area contributed by atoms with Gasteiger partial charge in [-0.2, -0.15) is 0 Å². The first-order chi connectivity index (χ1) is 7.27. The van der Waals surface area contributed by atoms with Crippen molar-refractivity contribution in [2.45, 2.75) is 18.9 Å². The number of halogens is 1. The van der Waals surface area contributed by atoms with Crippen molar-refractivity contribution in [3.63, 3.8) is 0 Å². The summed E-state index contributed by atoms with van der Waals surface area (Å²) in [7, 11) is 1.90. The largest absolute Gasteiger partial charge is 0.404 e. The van der Waals surface area contributed by atoms with Gasteiger partial charge in [-0.15, -0.1) is 0 Å². The lowest BCUT2D eigenvalue weighted by Gasteiger charge is -2.19. The van der Waals surface area contributed by atoms with Crippen LogP contribution >= 0.6 is 15.9 Å². The minimum Gasteiger partial charge on any atom is -0.404 e. The molecule has 5 heteroatoms. The Kier molecular flexibility index (Phi) is 5.90. The van der Waals surface area contributed by atoms with Crippen LogP contribution in [0.5, 0.6) is 0 Å². The molecule has 1 saturated heterocycles. The molecule has 1 aliphatic rings. The van der Waals surface area contributed by atoms with Crippen molar-refractivity contribution >= 4 is 21.6 Å². The van der Waals surface area contributed by atoms with Gasteiger partial charge in [0.05, 0.1) is 16.2 Å². The number of nitrogens with zero attached hydrogens (tertiary/aromatic N) is 1. The number of ether oxygens (including phenoxy) is 1. The van der Waals surface area contributed by atoms with Crippen LogP contribution in [-0.2, 0) is 4.74 Å². The fraction of sp³-hybridized carbons (Fsp3) is 0.700. The minimum absolute atomic E-state index is 0.370. The summed E-state index contributed by atoms with van der Waals surface area (Å²) in [6.07, 6.45) is 3.53. The summed E-state index contributed by atoms with van der Waals surface area (Å²) in [5, 5.41) is 3.08. The molecule has 15 heavy (non-hydrogen) atoms. The Labute approximate surface area is 99.1 Å².